The number of ether oxygens (including phenoxy) is 3. The molecule has 0 aliphatic heterocycles. The predicted molar refractivity (Wildman–Crippen MR) is 67.8 cm³/mol. The fourth-order valence-electron chi connectivity index (χ4n) is 1.94. The lowest BCUT2D eigenvalue weighted by molar-refractivity contribution is 0.0838. The topological polar surface area (TPSA) is 39.7 Å². The Labute approximate surface area is 103 Å². The van der Waals surface area contributed by atoms with Crippen molar-refractivity contribution in [2.24, 2.45) is 0 Å². The minimum Gasteiger partial charge on any atom is -0.496 e. The summed E-state index contributed by atoms with van der Waals surface area (Å²) in [7, 11) is 6.90. The molecule has 2 atom stereocenters. The number of nitrogens with one attached hydrogen (secondary N) is 1. The van der Waals surface area contributed by atoms with Crippen LogP contribution in [-0.2, 0) is 4.74 Å². The fraction of sp³-hybridized carbons (Fsp3) is 0.538. The Morgan fingerprint density at radius 2 is 1.59 bits per heavy atom. The summed E-state index contributed by atoms with van der Waals surface area (Å²) in [5.41, 5.74) is 0.981. The van der Waals surface area contributed by atoms with Crippen molar-refractivity contribution in [2.45, 2.75) is 19.1 Å². The van der Waals surface area contributed by atoms with E-state index in [1.54, 1.807) is 21.3 Å². The highest BCUT2D eigenvalue weighted by atomic mass is 16.5. The molecule has 0 aliphatic rings. The van der Waals surface area contributed by atoms with Gasteiger partial charge in [0.15, 0.2) is 0 Å². The van der Waals surface area contributed by atoms with E-state index in [0.717, 1.165) is 17.1 Å². The summed E-state index contributed by atoms with van der Waals surface area (Å²) in [5.74, 6) is 1.60. The average molecular weight is 239 g/mol. The Morgan fingerprint density at radius 1 is 1.06 bits per heavy atom. The van der Waals surface area contributed by atoms with Crippen LogP contribution in [0.25, 0.3) is 0 Å². The molecule has 0 bridgehead atoms. The van der Waals surface area contributed by atoms with Crippen LogP contribution in [0.1, 0.15) is 18.5 Å². The van der Waals surface area contributed by atoms with Crippen LogP contribution in [0, 0.1) is 0 Å². The van der Waals surface area contributed by atoms with E-state index in [4.69, 9.17) is 14.2 Å². The Kier molecular flexibility index (Phi) is 5.25. The van der Waals surface area contributed by atoms with Crippen LogP contribution in [0.4, 0.5) is 0 Å². The lowest BCUT2D eigenvalue weighted by Gasteiger charge is -2.26. The molecule has 1 aromatic carbocycles. The third-order valence-electron chi connectivity index (χ3n) is 2.93. The number of methoxy groups -OCH3 is 3. The Bertz CT molecular complexity index is 332. The largest absolute Gasteiger partial charge is 0.496 e. The molecule has 0 fully saturated rings. The van der Waals surface area contributed by atoms with E-state index in [1.165, 1.54) is 0 Å². The molecule has 96 valence electrons. The van der Waals surface area contributed by atoms with Gasteiger partial charge in [-0.3, -0.25) is 0 Å². The maximum atomic E-state index is 5.39. The van der Waals surface area contributed by atoms with Crippen LogP contribution in [0.15, 0.2) is 18.2 Å². The molecule has 0 saturated heterocycles. The summed E-state index contributed by atoms with van der Waals surface area (Å²) in [6.07, 6.45) is 0.0187. The summed E-state index contributed by atoms with van der Waals surface area (Å²) in [4.78, 5) is 0. The molecule has 1 aromatic rings. The van der Waals surface area contributed by atoms with Gasteiger partial charge in [0.05, 0.1) is 31.9 Å². The number of hydrogen-bond donors (Lipinski definition) is 1. The zero-order valence-corrected chi connectivity index (χ0v) is 11.1. The number of rotatable bonds is 6. The van der Waals surface area contributed by atoms with Crippen LogP contribution in [0.5, 0.6) is 11.5 Å². The van der Waals surface area contributed by atoms with Crippen molar-refractivity contribution in [3.8, 4) is 11.5 Å². The van der Waals surface area contributed by atoms with Crippen LogP contribution in [-0.4, -0.2) is 34.5 Å². The zero-order chi connectivity index (χ0) is 12.8. The van der Waals surface area contributed by atoms with Gasteiger partial charge in [0.2, 0.25) is 0 Å². The van der Waals surface area contributed by atoms with Crippen LogP contribution >= 0.6 is 0 Å². The first kappa shape index (κ1) is 13.8. The highest BCUT2D eigenvalue weighted by Gasteiger charge is 2.24. The van der Waals surface area contributed by atoms with Gasteiger partial charge in [-0.2, -0.15) is 0 Å². The molecule has 0 spiro atoms. The van der Waals surface area contributed by atoms with Crippen molar-refractivity contribution < 1.29 is 14.2 Å². The van der Waals surface area contributed by atoms with E-state index in [1.807, 2.05) is 32.2 Å². The monoisotopic (exact) mass is 239 g/mol. The van der Waals surface area contributed by atoms with E-state index in [-0.39, 0.29) is 12.1 Å². The van der Waals surface area contributed by atoms with Gasteiger partial charge in [0.25, 0.3) is 0 Å². The first-order valence-corrected chi connectivity index (χ1v) is 5.60. The normalized spacial score (nSPS) is 14.2. The third-order valence-corrected chi connectivity index (χ3v) is 2.93. The van der Waals surface area contributed by atoms with Gasteiger partial charge >= 0.3 is 0 Å². The molecule has 4 nitrogen and oxygen atoms in total. The number of likely N-dealkylation sites (N-methyl/N-ethyl adjacent to an activating group) is 1. The van der Waals surface area contributed by atoms with Crippen LogP contribution in [0.3, 0.4) is 0 Å². The van der Waals surface area contributed by atoms with Crippen molar-refractivity contribution in [1.29, 1.82) is 0 Å². The van der Waals surface area contributed by atoms with E-state index in [9.17, 15) is 0 Å². The van der Waals surface area contributed by atoms with Crippen LogP contribution in [0.2, 0.25) is 0 Å². The summed E-state index contributed by atoms with van der Waals surface area (Å²) in [6, 6.07) is 5.77. The molecular formula is C13H21NO3. The van der Waals surface area contributed by atoms with Gasteiger partial charge < -0.3 is 19.5 Å². The summed E-state index contributed by atoms with van der Waals surface area (Å²) < 4.78 is 16.2. The number of hydrogen-bond acceptors (Lipinski definition) is 4. The van der Waals surface area contributed by atoms with Crippen molar-refractivity contribution in [3.63, 3.8) is 0 Å². The Hall–Kier alpha value is -1.26. The first-order valence-electron chi connectivity index (χ1n) is 5.60. The first-order chi connectivity index (χ1) is 8.19. The standard InChI is InChI=1S/C13H21NO3/c1-9(15-3)13(14-2)12-10(16-4)7-6-8-11(12)17-5/h6-9,13-14H,1-5H3. The maximum absolute atomic E-state index is 5.39. The minimum atomic E-state index is 0.0187. The van der Waals surface area contributed by atoms with Crippen molar-refractivity contribution in [1.82, 2.24) is 5.32 Å². The van der Waals surface area contributed by atoms with Crippen molar-refractivity contribution in [2.75, 3.05) is 28.4 Å². The van der Waals surface area contributed by atoms with Gasteiger partial charge in [-0.15, -0.1) is 0 Å². The highest BCUT2D eigenvalue weighted by Crippen LogP contribution is 2.35. The highest BCUT2D eigenvalue weighted by molar-refractivity contribution is 5.47. The van der Waals surface area contributed by atoms with E-state index in [0.29, 0.717) is 0 Å². The summed E-state index contributed by atoms with van der Waals surface area (Å²) in [5, 5.41) is 3.23. The van der Waals surface area contributed by atoms with Crippen LogP contribution < -0.4 is 14.8 Å². The molecule has 17 heavy (non-hydrogen) atoms. The second kappa shape index (κ2) is 6.47. The molecule has 1 N–H and O–H groups in total. The second-order valence-electron chi connectivity index (χ2n) is 3.78. The molecule has 0 radical (unpaired) electrons. The van der Waals surface area contributed by atoms with Crippen molar-refractivity contribution >= 4 is 0 Å². The third kappa shape index (κ3) is 2.90. The Morgan fingerprint density at radius 3 is 1.94 bits per heavy atom. The zero-order valence-electron chi connectivity index (χ0n) is 11.1. The smallest absolute Gasteiger partial charge is 0.127 e. The molecule has 0 saturated carbocycles. The molecule has 1 rings (SSSR count). The minimum absolute atomic E-state index is 0.0187. The number of benzene rings is 1. The van der Waals surface area contributed by atoms with E-state index >= 15 is 0 Å². The lowest BCUT2D eigenvalue weighted by Crippen LogP contribution is -2.29. The predicted octanol–water partition coefficient (Wildman–Crippen LogP) is 2.00. The van der Waals surface area contributed by atoms with Gasteiger partial charge in [-0.25, -0.2) is 0 Å². The molecule has 0 heterocycles. The second-order valence-corrected chi connectivity index (χ2v) is 3.78. The molecule has 0 amide bonds. The average Bonchev–Trinajstić information content (AvgIpc) is 2.39. The molecule has 0 aliphatic carbocycles. The fourth-order valence-corrected chi connectivity index (χ4v) is 1.94. The van der Waals surface area contributed by atoms with E-state index in [2.05, 4.69) is 5.32 Å². The Balaban J connectivity index is 3.24. The van der Waals surface area contributed by atoms with Gasteiger partial charge in [-0.05, 0) is 26.1 Å². The maximum Gasteiger partial charge on any atom is 0.127 e. The molecule has 4 heteroatoms. The van der Waals surface area contributed by atoms with Gasteiger partial charge in [0.1, 0.15) is 11.5 Å². The van der Waals surface area contributed by atoms with Gasteiger partial charge in [-0.1, -0.05) is 6.07 Å². The van der Waals surface area contributed by atoms with Crippen molar-refractivity contribution in [3.05, 3.63) is 23.8 Å². The molecule has 2 unspecified atom stereocenters. The SMILES string of the molecule is CNC(c1c(OC)cccc1OC)C(C)OC. The van der Waals surface area contributed by atoms with Gasteiger partial charge in [0, 0.05) is 7.11 Å². The molecule has 0 aromatic heterocycles. The summed E-state index contributed by atoms with van der Waals surface area (Å²) >= 11 is 0. The molecular weight excluding hydrogens is 218 g/mol. The summed E-state index contributed by atoms with van der Waals surface area (Å²) in [6.45, 7) is 2.01. The quantitative estimate of drug-likeness (QED) is 0.824. The lowest BCUT2D eigenvalue weighted by atomic mass is 10.00. The van der Waals surface area contributed by atoms with E-state index < -0.39 is 0 Å².